The number of rotatable bonds is 2. The van der Waals surface area contributed by atoms with Gasteiger partial charge in [-0.3, -0.25) is 4.79 Å². The van der Waals surface area contributed by atoms with E-state index in [1.807, 2.05) is 11.8 Å². The molecular formula is C24H21ClF2N4O3. The van der Waals surface area contributed by atoms with Crippen LogP contribution in [0.25, 0.3) is 22.0 Å². The number of aromatic hydroxyl groups is 1. The third kappa shape index (κ3) is 3.34. The van der Waals surface area contributed by atoms with Crippen LogP contribution in [-0.4, -0.2) is 57.7 Å². The molecule has 0 bridgehead atoms. The van der Waals surface area contributed by atoms with E-state index in [1.54, 1.807) is 4.90 Å². The summed E-state index contributed by atoms with van der Waals surface area (Å²) in [5, 5.41) is 10.4. The van der Waals surface area contributed by atoms with Gasteiger partial charge in [0, 0.05) is 31.1 Å². The third-order valence-corrected chi connectivity index (χ3v) is 6.77. The molecule has 0 spiro atoms. The largest absolute Gasteiger partial charge is 0.507 e. The van der Waals surface area contributed by atoms with E-state index in [0.29, 0.717) is 25.3 Å². The fraction of sp³-hybridized carbons (Fsp3) is 0.292. The second-order valence-corrected chi connectivity index (χ2v) is 8.75. The third-order valence-electron chi connectivity index (χ3n) is 6.41. The van der Waals surface area contributed by atoms with Crippen LogP contribution in [0.15, 0.2) is 37.2 Å². The Hall–Kier alpha value is -3.46. The lowest BCUT2D eigenvalue weighted by Gasteiger charge is -2.46. The SMILES string of the molecule is C=CC(=O)N1C[C@H]2CCOc3c(Cl)c(-c4c(O)cccc4F)c(F)c4ncnc(c34)N2C[C@@H]1C. The fourth-order valence-corrected chi connectivity index (χ4v) is 5.12. The maximum Gasteiger partial charge on any atom is 0.246 e. The Labute approximate surface area is 199 Å². The minimum Gasteiger partial charge on any atom is -0.507 e. The van der Waals surface area contributed by atoms with Gasteiger partial charge in [-0.15, -0.1) is 0 Å². The summed E-state index contributed by atoms with van der Waals surface area (Å²) in [6.07, 6.45) is 3.05. The lowest BCUT2D eigenvalue weighted by molar-refractivity contribution is -0.129. The number of ether oxygens (including phenoxy) is 1. The van der Waals surface area contributed by atoms with E-state index in [0.717, 1.165) is 6.07 Å². The van der Waals surface area contributed by atoms with Crippen LogP contribution in [0.4, 0.5) is 14.6 Å². The van der Waals surface area contributed by atoms with Gasteiger partial charge in [0.05, 0.1) is 28.6 Å². The van der Waals surface area contributed by atoms with Crippen molar-refractivity contribution in [3.05, 3.63) is 53.8 Å². The van der Waals surface area contributed by atoms with Gasteiger partial charge in [0.2, 0.25) is 5.91 Å². The zero-order chi connectivity index (χ0) is 24.1. The second-order valence-electron chi connectivity index (χ2n) is 8.37. The summed E-state index contributed by atoms with van der Waals surface area (Å²) in [5.41, 5.74) is -0.784. The monoisotopic (exact) mass is 486 g/mol. The van der Waals surface area contributed by atoms with Crippen molar-refractivity contribution in [1.29, 1.82) is 0 Å². The number of fused-ring (bicyclic) bond motifs is 2. The van der Waals surface area contributed by atoms with Crippen LogP contribution in [0.3, 0.4) is 0 Å². The molecule has 0 unspecified atom stereocenters. The molecule has 5 rings (SSSR count). The van der Waals surface area contributed by atoms with Crippen molar-refractivity contribution < 1.29 is 23.4 Å². The summed E-state index contributed by atoms with van der Waals surface area (Å²) < 4.78 is 36.5. The minimum absolute atomic E-state index is 0.0973. The van der Waals surface area contributed by atoms with Crippen molar-refractivity contribution in [3.63, 3.8) is 0 Å². The summed E-state index contributed by atoms with van der Waals surface area (Å²) in [6, 6.07) is 3.40. The van der Waals surface area contributed by atoms with E-state index in [4.69, 9.17) is 16.3 Å². The summed E-state index contributed by atoms with van der Waals surface area (Å²) in [7, 11) is 0. The fourth-order valence-electron chi connectivity index (χ4n) is 4.79. The van der Waals surface area contributed by atoms with Crippen LogP contribution in [0.2, 0.25) is 5.02 Å². The van der Waals surface area contributed by atoms with E-state index in [-0.39, 0.29) is 57.4 Å². The molecule has 2 atom stereocenters. The number of hydrogen-bond acceptors (Lipinski definition) is 6. The van der Waals surface area contributed by atoms with E-state index in [2.05, 4.69) is 16.5 Å². The molecule has 2 aliphatic rings. The normalized spacial score (nSPS) is 19.8. The van der Waals surface area contributed by atoms with Crippen LogP contribution in [0, 0.1) is 11.6 Å². The lowest BCUT2D eigenvalue weighted by atomic mass is 9.98. The molecule has 0 saturated carbocycles. The molecule has 10 heteroatoms. The molecule has 3 heterocycles. The van der Waals surface area contributed by atoms with E-state index in [1.165, 1.54) is 24.5 Å². The quantitative estimate of drug-likeness (QED) is 0.544. The number of benzene rings is 2. The van der Waals surface area contributed by atoms with Gasteiger partial charge in [-0.1, -0.05) is 24.2 Å². The first-order valence-electron chi connectivity index (χ1n) is 10.8. The van der Waals surface area contributed by atoms with Gasteiger partial charge in [0.15, 0.2) is 11.6 Å². The molecule has 2 aromatic carbocycles. The lowest BCUT2D eigenvalue weighted by Crippen LogP contribution is -2.59. The van der Waals surface area contributed by atoms with Crippen molar-refractivity contribution in [2.24, 2.45) is 0 Å². The number of phenolic OH excluding ortho intramolecular Hbond substituents is 1. The zero-order valence-corrected chi connectivity index (χ0v) is 19.0. The number of phenols is 1. The van der Waals surface area contributed by atoms with Crippen LogP contribution in [0.1, 0.15) is 13.3 Å². The number of carbonyl (C=O) groups is 1. The Morgan fingerprint density at radius 1 is 1.29 bits per heavy atom. The van der Waals surface area contributed by atoms with Gasteiger partial charge >= 0.3 is 0 Å². The molecule has 34 heavy (non-hydrogen) atoms. The predicted octanol–water partition coefficient (Wildman–Crippen LogP) is 4.31. The topological polar surface area (TPSA) is 78.8 Å². The van der Waals surface area contributed by atoms with Crippen molar-refractivity contribution >= 4 is 34.2 Å². The number of anilines is 1. The maximum absolute atomic E-state index is 15.9. The Balaban J connectivity index is 1.73. The summed E-state index contributed by atoms with van der Waals surface area (Å²) in [5.74, 6) is -1.78. The van der Waals surface area contributed by atoms with E-state index >= 15 is 4.39 Å². The van der Waals surface area contributed by atoms with Crippen molar-refractivity contribution in [2.75, 3.05) is 24.6 Å². The molecule has 1 aromatic heterocycles. The molecule has 176 valence electrons. The first-order valence-corrected chi connectivity index (χ1v) is 11.2. The van der Waals surface area contributed by atoms with Crippen LogP contribution in [-0.2, 0) is 4.79 Å². The molecule has 0 radical (unpaired) electrons. The maximum atomic E-state index is 15.9. The van der Waals surface area contributed by atoms with Gasteiger partial charge < -0.3 is 19.6 Å². The zero-order valence-electron chi connectivity index (χ0n) is 18.3. The minimum atomic E-state index is -0.887. The molecule has 1 saturated heterocycles. The van der Waals surface area contributed by atoms with Crippen molar-refractivity contribution in [3.8, 4) is 22.6 Å². The average molecular weight is 487 g/mol. The van der Waals surface area contributed by atoms with Gasteiger partial charge in [-0.05, 0) is 25.1 Å². The van der Waals surface area contributed by atoms with E-state index in [9.17, 15) is 14.3 Å². The summed E-state index contributed by atoms with van der Waals surface area (Å²) in [6.45, 7) is 6.59. The molecule has 1 amide bonds. The number of carbonyl (C=O) groups excluding carboxylic acids is 1. The molecule has 3 aromatic rings. The highest BCUT2D eigenvalue weighted by molar-refractivity contribution is 6.36. The van der Waals surface area contributed by atoms with Crippen molar-refractivity contribution in [2.45, 2.75) is 25.4 Å². The van der Waals surface area contributed by atoms with Crippen LogP contribution < -0.4 is 9.64 Å². The van der Waals surface area contributed by atoms with Crippen LogP contribution in [0.5, 0.6) is 11.5 Å². The molecule has 0 aliphatic carbocycles. The Bertz CT molecular complexity index is 1320. The average Bonchev–Trinajstić information content (AvgIpc) is 2.81. The Morgan fingerprint density at radius 3 is 2.82 bits per heavy atom. The number of amides is 1. The van der Waals surface area contributed by atoms with E-state index < -0.39 is 17.4 Å². The highest BCUT2D eigenvalue weighted by atomic mass is 35.5. The van der Waals surface area contributed by atoms with Gasteiger partial charge in [0.25, 0.3) is 0 Å². The first-order chi connectivity index (χ1) is 16.3. The number of aromatic nitrogens is 2. The first kappa shape index (κ1) is 22.3. The number of piperazine rings is 1. The summed E-state index contributed by atoms with van der Waals surface area (Å²) in [4.78, 5) is 24.6. The Morgan fingerprint density at radius 2 is 2.09 bits per heavy atom. The Kier molecular flexibility index (Phi) is 5.51. The number of hydrogen-bond donors (Lipinski definition) is 1. The second kappa shape index (κ2) is 8.39. The highest BCUT2D eigenvalue weighted by Crippen LogP contribution is 2.49. The standard InChI is InChI=1S/C24H21ClF2N4O3/c1-3-16(33)30-10-13-7-8-34-23-19-22(28-11-29-24(19)31(13)9-12(30)2)21(27)18(20(23)25)17-14(26)5-4-6-15(17)32/h3-6,11-13,32H,1,7-10H2,2H3/t12-,13+/m0/s1. The molecule has 1 fully saturated rings. The van der Waals surface area contributed by atoms with Gasteiger partial charge in [-0.25, -0.2) is 18.7 Å². The molecular weight excluding hydrogens is 466 g/mol. The predicted molar refractivity (Wildman–Crippen MR) is 124 cm³/mol. The van der Waals surface area contributed by atoms with Gasteiger partial charge in [0.1, 0.15) is 29.2 Å². The van der Waals surface area contributed by atoms with Gasteiger partial charge in [-0.2, -0.15) is 0 Å². The molecule has 1 N–H and O–H groups in total. The smallest absolute Gasteiger partial charge is 0.246 e. The molecule has 7 nitrogen and oxygen atoms in total. The summed E-state index contributed by atoms with van der Waals surface area (Å²) >= 11 is 6.61. The number of halogens is 3. The highest BCUT2D eigenvalue weighted by Gasteiger charge is 2.38. The molecule has 2 aliphatic heterocycles. The van der Waals surface area contributed by atoms with Crippen molar-refractivity contribution in [1.82, 2.24) is 14.9 Å². The number of nitrogens with zero attached hydrogens (tertiary/aromatic N) is 4. The van der Waals surface area contributed by atoms with Crippen LogP contribution >= 0.6 is 11.6 Å².